The Labute approximate surface area is 210 Å². The molecule has 0 saturated heterocycles. The largest absolute Gasteiger partial charge is 0.492 e. The van der Waals surface area contributed by atoms with Gasteiger partial charge in [-0.2, -0.15) is 0 Å². The van der Waals surface area contributed by atoms with E-state index in [1.165, 1.54) is 6.42 Å². The zero-order valence-corrected chi connectivity index (χ0v) is 20.4. The van der Waals surface area contributed by atoms with Crippen LogP contribution in [0.4, 0.5) is 0 Å². The molecule has 2 aromatic carbocycles. The molecule has 0 amide bonds. The molecule has 5 N–H and O–H groups in total. The number of H-pyrrole nitrogens is 1. The minimum Gasteiger partial charge on any atom is -0.492 e. The molecular weight excluding hydrogens is 450 g/mol. The first-order valence-corrected chi connectivity index (χ1v) is 12.2. The van der Waals surface area contributed by atoms with E-state index in [1.807, 2.05) is 60.4 Å². The second kappa shape index (κ2) is 10.6. The second-order valence-electron chi connectivity index (χ2n) is 8.88. The fourth-order valence-corrected chi connectivity index (χ4v) is 4.28. The monoisotopic (exact) mass is 481 g/mol. The fraction of sp³-hybridized carbons (Fsp3) is 0.250. The van der Waals surface area contributed by atoms with E-state index in [1.54, 1.807) is 6.20 Å². The van der Waals surface area contributed by atoms with E-state index in [4.69, 9.17) is 26.2 Å². The number of aromatic nitrogens is 3. The highest BCUT2D eigenvalue weighted by Gasteiger charge is 2.23. The molecule has 1 aliphatic carbocycles. The van der Waals surface area contributed by atoms with E-state index >= 15 is 0 Å². The fourth-order valence-electron chi connectivity index (χ4n) is 4.28. The van der Waals surface area contributed by atoms with Gasteiger partial charge < -0.3 is 25.8 Å². The molecule has 0 atom stereocenters. The number of aryl methyl sites for hydroxylation is 1. The van der Waals surface area contributed by atoms with E-state index in [2.05, 4.69) is 28.2 Å². The minimum absolute atomic E-state index is 0.237. The summed E-state index contributed by atoms with van der Waals surface area (Å²) in [6.45, 7) is 0.928. The molecule has 0 bridgehead atoms. The first-order chi connectivity index (χ1) is 17.6. The summed E-state index contributed by atoms with van der Waals surface area (Å²) in [4.78, 5) is 17.7. The summed E-state index contributed by atoms with van der Waals surface area (Å²) in [6, 6.07) is 18.5. The lowest BCUT2D eigenvalue weighted by molar-refractivity contribution is 0.328. The normalized spacial score (nSPS) is 14.6. The molecule has 1 fully saturated rings. The summed E-state index contributed by atoms with van der Waals surface area (Å²) in [6.07, 6.45) is 8.84. The number of imidazole rings is 1. The van der Waals surface area contributed by atoms with Crippen LogP contribution in [0.25, 0.3) is 22.3 Å². The van der Waals surface area contributed by atoms with Crippen molar-refractivity contribution in [3.8, 4) is 28.0 Å². The molecule has 0 radical (unpaired) electrons. The standard InChI is InChI=1S/C28H31N7O/c1-35-15-14-31-28(35)26(30)34-27(33-21-10-6-11-21)25-24(19-7-3-2-4-8-19)23(18-32-25)20-9-5-12-22(17-20)36-16-13-29/h2-5,7-9,12,14-15,17-18,21,32H,6,10-11,13,16,29H2,1H3,(H2,30,33,34). The highest BCUT2D eigenvalue weighted by molar-refractivity contribution is 6.13. The van der Waals surface area contributed by atoms with Crippen molar-refractivity contribution < 1.29 is 4.74 Å². The Morgan fingerprint density at radius 1 is 1.14 bits per heavy atom. The van der Waals surface area contributed by atoms with Crippen molar-refractivity contribution in [1.82, 2.24) is 14.5 Å². The van der Waals surface area contributed by atoms with Gasteiger partial charge >= 0.3 is 0 Å². The van der Waals surface area contributed by atoms with Gasteiger partial charge in [0.1, 0.15) is 12.4 Å². The third-order valence-electron chi connectivity index (χ3n) is 6.35. The summed E-state index contributed by atoms with van der Waals surface area (Å²) in [7, 11) is 1.90. The van der Waals surface area contributed by atoms with E-state index in [0.717, 1.165) is 46.5 Å². The molecule has 0 aliphatic heterocycles. The Bertz CT molecular complexity index is 1380. The van der Waals surface area contributed by atoms with Crippen LogP contribution < -0.4 is 16.2 Å². The molecule has 36 heavy (non-hydrogen) atoms. The summed E-state index contributed by atoms with van der Waals surface area (Å²) < 4.78 is 7.64. The molecule has 2 heterocycles. The number of ether oxygens (including phenoxy) is 1. The number of rotatable bonds is 8. The maximum Gasteiger partial charge on any atom is 0.175 e. The Hall–Kier alpha value is -4.17. The number of hydrogen-bond acceptors (Lipinski definition) is 4. The number of nitrogens with zero attached hydrogens (tertiary/aromatic N) is 4. The number of aliphatic imine (C=N–C) groups is 2. The van der Waals surface area contributed by atoms with Crippen LogP contribution >= 0.6 is 0 Å². The molecular formula is C28H31N7O. The average Bonchev–Trinajstić information content (AvgIpc) is 3.51. The van der Waals surface area contributed by atoms with Crippen LogP contribution in [0.15, 0.2) is 83.2 Å². The Kier molecular flexibility index (Phi) is 6.95. The number of nitrogens with one attached hydrogen (secondary N) is 1. The van der Waals surface area contributed by atoms with Crippen molar-refractivity contribution in [2.45, 2.75) is 25.3 Å². The maximum absolute atomic E-state index is 6.43. The number of amidine groups is 2. The smallest absolute Gasteiger partial charge is 0.175 e. The maximum atomic E-state index is 6.43. The molecule has 0 spiro atoms. The van der Waals surface area contributed by atoms with Gasteiger partial charge in [0, 0.05) is 43.3 Å². The average molecular weight is 482 g/mol. The van der Waals surface area contributed by atoms with E-state index < -0.39 is 0 Å². The van der Waals surface area contributed by atoms with Gasteiger partial charge in [-0.25, -0.2) is 9.98 Å². The molecule has 8 heteroatoms. The molecule has 1 saturated carbocycles. The van der Waals surface area contributed by atoms with Crippen LogP contribution in [-0.4, -0.2) is 45.4 Å². The number of benzene rings is 2. The lowest BCUT2D eigenvalue weighted by Crippen LogP contribution is -2.23. The summed E-state index contributed by atoms with van der Waals surface area (Å²) in [5.41, 5.74) is 17.0. The van der Waals surface area contributed by atoms with Crippen molar-refractivity contribution in [3.05, 3.63) is 84.7 Å². The third-order valence-corrected chi connectivity index (χ3v) is 6.35. The zero-order valence-electron chi connectivity index (χ0n) is 20.4. The van der Waals surface area contributed by atoms with Gasteiger partial charge in [0.25, 0.3) is 0 Å². The van der Waals surface area contributed by atoms with E-state index in [0.29, 0.717) is 30.6 Å². The van der Waals surface area contributed by atoms with Gasteiger partial charge in [-0.1, -0.05) is 42.5 Å². The number of hydrogen-bond donors (Lipinski definition) is 3. The summed E-state index contributed by atoms with van der Waals surface area (Å²) in [5, 5.41) is 0. The summed E-state index contributed by atoms with van der Waals surface area (Å²) in [5.74, 6) is 2.29. The predicted octanol–water partition coefficient (Wildman–Crippen LogP) is 4.12. The molecule has 2 aromatic heterocycles. The minimum atomic E-state index is 0.237. The van der Waals surface area contributed by atoms with Crippen LogP contribution in [-0.2, 0) is 7.05 Å². The first-order valence-electron chi connectivity index (χ1n) is 12.2. The molecule has 1 aliphatic rings. The van der Waals surface area contributed by atoms with Crippen LogP contribution in [0.1, 0.15) is 30.8 Å². The Balaban J connectivity index is 1.65. The highest BCUT2D eigenvalue weighted by Crippen LogP contribution is 2.37. The lowest BCUT2D eigenvalue weighted by Gasteiger charge is -2.22. The Morgan fingerprint density at radius 3 is 2.64 bits per heavy atom. The van der Waals surface area contributed by atoms with Crippen molar-refractivity contribution >= 4 is 11.7 Å². The van der Waals surface area contributed by atoms with Crippen molar-refractivity contribution in [2.24, 2.45) is 28.5 Å². The topological polar surface area (TPSA) is 120 Å². The van der Waals surface area contributed by atoms with Gasteiger partial charge in [0.15, 0.2) is 17.5 Å². The van der Waals surface area contributed by atoms with Gasteiger partial charge in [-0.05, 0) is 42.5 Å². The van der Waals surface area contributed by atoms with Gasteiger partial charge in [0.2, 0.25) is 0 Å². The van der Waals surface area contributed by atoms with Crippen molar-refractivity contribution in [2.75, 3.05) is 13.2 Å². The molecule has 4 aromatic rings. The molecule has 0 unspecified atom stereocenters. The third kappa shape index (κ3) is 4.94. The SMILES string of the molecule is Cn1ccnc1C(N)=NC(=NC1CCC1)c1[nH]cc(-c2cccc(OCCN)c2)c1-c1ccccc1. The van der Waals surface area contributed by atoms with Crippen LogP contribution in [0, 0.1) is 0 Å². The molecule has 8 nitrogen and oxygen atoms in total. The van der Waals surface area contributed by atoms with Gasteiger partial charge in [0.05, 0.1) is 11.7 Å². The van der Waals surface area contributed by atoms with Gasteiger partial charge in [-0.15, -0.1) is 0 Å². The van der Waals surface area contributed by atoms with Crippen LogP contribution in [0.5, 0.6) is 5.75 Å². The number of aromatic amines is 1. The van der Waals surface area contributed by atoms with Gasteiger partial charge in [-0.3, -0.25) is 4.99 Å². The van der Waals surface area contributed by atoms with Crippen LogP contribution in [0.2, 0.25) is 0 Å². The van der Waals surface area contributed by atoms with Crippen molar-refractivity contribution in [3.63, 3.8) is 0 Å². The second-order valence-corrected chi connectivity index (χ2v) is 8.88. The van der Waals surface area contributed by atoms with Crippen molar-refractivity contribution in [1.29, 1.82) is 0 Å². The quantitative estimate of drug-likeness (QED) is 0.259. The zero-order chi connectivity index (χ0) is 24.9. The predicted molar refractivity (Wildman–Crippen MR) is 144 cm³/mol. The molecule has 5 rings (SSSR count). The Morgan fingerprint density at radius 2 is 1.94 bits per heavy atom. The molecule has 184 valence electrons. The first kappa shape index (κ1) is 23.6. The highest BCUT2D eigenvalue weighted by atomic mass is 16.5. The van der Waals surface area contributed by atoms with E-state index in [9.17, 15) is 0 Å². The summed E-state index contributed by atoms with van der Waals surface area (Å²) >= 11 is 0. The lowest BCUT2D eigenvalue weighted by atomic mass is 9.93. The number of nitrogens with two attached hydrogens (primary N) is 2. The van der Waals surface area contributed by atoms with Crippen LogP contribution in [0.3, 0.4) is 0 Å². The van der Waals surface area contributed by atoms with E-state index in [-0.39, 0.29) is 6.04 Å².